The van der Waals surface area contributed by atoms with Crippen LogP contribution in [-0.4, -0.2) is 16.0 Å². The van der Waals surface area contributed by atoms with Crippen LogP contribution in [0.25, 0.3) is 0 Å². The van der Waals surface area contributed by atoms with Crippen molar-refractivity contribution in [2.45, 2.75) is 6.92 Å². The molecule has 18 heavy (non-hydrogen) atoms. The third kappa shape index (κ3) is 2.42. The molecule has 94 valence electrons. The van der Waals surface area contributed by atoms with Gasteiger partial charge in [0.25, 0.3) is 5.56 Å². The van der Waals surface area contributed by atoms with E-state index < -0.39 is 11.2 Å². The third-order valence-corrected chi connectivity index (χ3v) is 2.23. The predicted octanol–water partition coefficient (Wildman–Crippen LogP) is 0.334. The number of rotatable bonds is 4. The van der Waals surface area contributed by atoms with Crippen molar-refractivity contribution in [3.8, 4) is 0 Å². The van der Waals surface area contributed by atoms with Crippen molar-refractivity contribution in [1.29, 1.82) is 0 Å². The fourth-order valence-electron chi connectivity index (χ4n) is 1.45. The lowest BCUT2D eigenvalue weighted by molar-refractivity contribution is 0.0995. The molecular weight excluding hydrogens is 234 g/mol. The third-order valence-electron chi connectivity index (χ3n) is 2.23. The molecule has 2 aromatic rings. The van der Waals surface area contributed by atoms with Gasteiger partial charge in [-0.15, -0.1) is 0 Å². The Morgan fingerprint density at radius 1 is 1.17 bits per heavy atom. The van der Waals surface area contributed by atoms with E-state index in [4.69, 9.17) is 4.84 Å². The Labute approximate surface area is 103 Å². The maximum Gasteiger partial charge on any atom is 0.383 e. The minimum atomic E-state index is -0.576. The van der Waals surface area contributed by atoms with E-state index in [9.17, 15) is 9.59 Å². The molecule has 0 unspecified atom stereocenters. The van der Waals surface area contributed by atoms with Gasteiger partial charge in [0.05, 0.1) is 5.69 Å². The molecule has 0 fully saturated rings. The van der Waals surface area contributed by atoms with Gasteiger partial charge in [-0.25, -0.2) is 9.47 Å². The molecule has 0 aliphatic heterocycles. The summed E-state index contributed by atoms with van der Waals surface area (Å²) in [6.45, 7) is 1.94. The molecule has 0 saturated carbocycles. The first-order valence-corrected chi connectivity index (χ1v) is 5.52. The van der Waals surface area contributed by atoms with Crippen LogP contribution in [-0.2, 0) is 0 Å². The average Bonchev–Trinajstić information content (AvgIpc) is 2.39. The van der Waals surface area contributed by atoms with Crippen molar-refractivity contribution >= 4 is 5.69 Å². The summed E-state index contributed by atoms with van der Waals surface area (Å²) in [6.07, 6.45) is 1.37. The summed E-state index contributed by atoms with van der Waals surface area (Å²) in [5, 5.41) is 0. The van der Waals surface area contributed by atoms with E-state index in [-0.39, 0.29) is 6.61 Å². The molecule has 0 spiro atoms. The SMILES string of the molecule is CCOn1c(=O)ccn(Nc2ccccc2)c1=O. The van der Waals surface area contributed by atoms with Crippen LogP contribution in [0.3, 0.4) is 0 Å². The van der Waals surface area contributed by atoms with Crippen molar-refractivity contribution in [3.05, 3.63) is 63.4 Å². The Morgan fingerprint density at radius 3 is 2.56 bits per heavy atom. The van der Waals surface area contributed by atoms with Gasteiger partial charge in [-0.1, -0.05) is 22.9 Å². The van der Waals surface area contributed by atoms with Crippen LogP contribution in [0.4, 0.5) is 5.69 Å². The minimum Gasteiger partial charge on any atom is -0.406 e. The lowest BCUT2D eigenvalue weighted by Crippen LogP contribution is -2.44. The van der Waals surface area contributed by atoms with Gasteiger partial charge in [-0.05, 0) is 19.1 Å². The van der Waals surface area contributed by atoms with Gasteiger partial charge in [0.1, 0.15) is 6.61 Å². The summed E-state index contributed by atoms with van der Waals surface area (Å²) in [5.41, 5.74) is 2.53. The molecule has 0 atom stereocenters. The average molecular weight is 247 g/mol. The molecule has 0 amide bonds. The van der Waals surface area contributed by atoms with Gasteiger partial charge in [0.2, 0.25) is 0 Å². The van der Waals surface area contributed by atoms with E-state index in [1.165, 1.54) is 16.9 Å². The molecule has 0 aliphatic carbocycles. The summed E-state index contributed by atoms with van der Waals surface area (Å²) in [6, 6.07) is 10.4. The summed E-state index contributed by atoms with van der Waals surface area (Å²) in [4.78, 5) is 28.3. The lowest BCUT2D eigenvalue weighted by atomic mass is 10.3. The quantitative estimate of drug-likeness (QED) is 0.845. The van der Waals surface area contributed by atoms with E-state index in [1.54, 1.807) is 6.92 Å². The van der Waals surface area contributed by atoms with Crippen molar-refractivity contribution in [1.82, 2.24) is 9.41 Å². The first-order valence-electron chi connectivity index (χ1n) is 5.52. The molecule has 1 N–H and O–H groups in total. The van der Waals surface area contributed by atoms with Gasteiger partial charge in [-0.3, -0.25) is 10.2 Å². The van der Waals surface area contributed by atoms with E-state index >= 15 is 0 Å². The molecule has 0 radical (unpaired) electrons. The Kier molecular flexibility index (Phi) is 3.47. The molecule has 0 saturated heterocycles. The lowest BCUT2D eigenvalue weighted by Gasteiger charge is -2.11. The second-order valence-corrected chi connectivity index (χ2v) is 3.50. The molecular formula is C12H13N3O3. The topological polar surface area (TPSA) is 65.3 Å². The van der Waals surface area contributed by atoms with Crippen LogP contribution < -0.4 is 21.5 Å². The van der Waals surface area contributed by atoms with Gasteiger partial charge >= 0.3 is 5.69 Å². The van der Waals surface area contributed by atoms with Crippen LogP contribution in [0.5, 0.6) is 0 Å². The summed E-state index contributed by atoms with van der Waals surface area (Å²) < 4.78 is 1.91. The van der Waals surface area contributed by atoms with Crippen LogP contribution in [0.15, 0.2) is 52.2 Å². The van der Waals surface area contributed by atoms with Crippen LogP contribution >= 0.6 is 0 Å². The number of nitrogens with one attached hydrogen (secondary N) is 1. The summed E-state index contributed by atoms with van der Waals surface area (Å²) in [5.74, 6) is 0. The zero-order valence-electron chi connectivity index (χ0n) is 9.87. The zero-order valence-corrected chi connectivity index (χ0v) is 9.87. The van der Waals surface area contributed by atoms with Crippen molar-refractivity contribution in [3.63, 3.8) is 0 Å². The van der Waals surface area contributed by atoms with Crippen LogP contribution in [0, 0.1) is 0 Å². The molecule has 0 bridgehead atoms. The number of benzene rings is 1. The van der Waals surface area contributed by atoms with Crippen LogP contribution in [0.1, 0.15) is 6.92 Å². The van der Waals surface area contributed by atoms with E-state index in [0.29, 0.717) is 0 Å². The number of para-hydroxylation sites is 1. The van der Waals surface area contributed by atoms with Crippen molar-refractivity contribution in [2.24, 2.45) is 0 Å². The van der Waals surface area contributed by atoms with E-state index in [1.807, 2.05) is 30.3 Å². The number of aromatic nitrogens is 2. The smallest absolute Gasteiger partial charge is 0.383 e. The summed E-state index contributed by atoms with van der Waals surface area (Å²) >= 11 is 0. The van der Waals surface area contributed by atoms with E-state index in [2.05, 4.69) is 5.43 Å². The highest BCUT2D eigenvalue weighted by atomic mass is 16.7. The Balaban J connectivity index is 2.38. The van der Waals surface area contributed by atoms with Crippen molar-refractivity contribution < 1.29 is 4.84 Å². The Bertz CT molecular complexity index is 631. The van der Waals surface area contributed by atoms with Gasteiger partial charge in [0, 0.05) is 12.3 Å². The van der Waals surface area contributed by atoms with Gasteiger partial charge in [-0.2, -0.15) is 0 Å². The van der Waals surface area contributed by atoms with E-state index in [0.717, 1.165) is 10.4 Å². The minimum absolute atomic E-state index is 0.241. The van der Waals surface area contributed by atoms with Gasteiger partial charge < -0.3 is 4.84 Å². The highest BCUT2D eigenvalue weighted by Gasteiger charge is 2.05. The highest BCUT2D eigenvalue weighted by Crippen LogP contribution is 2.03. The maximum atomic E-state index is 11.9. The molecule has 1 aromatic carbocycles. The first kappa shape index (κ1) is 12.0. The maximum absolute atomic E-state index is 11.9. The number of nitrogens with zero attached hydrogens (tertiary/aromatic N) is 2. The van der Waals surface area contributed by atoms with Crippen LogP contribution in [0.2, 0.25) is 0 Å². The number of hydrogen-bond donors (Lipinski definition) is 1. The predicted molar refractivity (Wildman–Crippen MR) is 67.5 cm³/mol. The Morgan fingerprint density at radius 2 is 1.89 bits per heavy atom. The summed E-state index contributed by atoms with van der Waals surface area (Å²) in [7, 11) is 0. The zero-order chi connectivity index (χ0) is 13.0. The molecule has 6 heteroatoms. The Hall–Kier alpha value is -2.50. The second kappa shape index (κ2) is 5.22. The second-order valence-electron chi connectivity index (χ2n) is 3.50. The van der Waals surface area contributed by atoms with Crippen molar-refractivity contribution in [2.75, 3.05) is 12.0 Å². The number of hydrogen-bond acceptors (Lipinski definition) is 4. The normalized spacial score (nSPS) is 10.1. The first-order chi connectivity index (χ1) is 8.72. The molecule has 1 aromatic heterocycles. The highest BCUT2D eigenvalue weighted by molar-refractivity contribution is 5.41. The molecule has 6 nitrogen and oxygen atoms in total. The number of anilines is 1. The fourth-order valence-corrected chi connectivity index (χ4v) is 1.45. The fraction of sp³-hybridized carbons (Fsp3) is 0.167. The largest absolute Gasteiger partial charge is 0.406 e. The molecule has 1 heterocycles. The molecule has 0 aliphatic rings. The molecule has 2 rings (SSSR count). The van der Waals surface area contributed by atoms with Gasteiger partial charge in [0.15, 0.2) is 0 Å². The monoisotopic (exact) mass is 247 g/mol. The standard InChI is InChI=1S/C12H13N3O3/c1-2-18-15-11(16)8-9-14(12(15)17)13-10-6-4-3-5-7-10/h3-9,13H,2H2,1H3.